The highest BCUT2D eigenvalue weighted by atomic mass is 16.5. The van der Waals surface area contributed by atoms with E-state index >= 15 is 0 Å². The van der Waals surface area contributed by atoms with E-state index in [1.807, 2.05) is 11.0 Å². The number of piperidine rings is 1. The predicted molar refractivity (Wildman–Crippen MR) is 102 cm³/mol. The van der Waals surface area contributed by atoms with Gasteiger partial charge in [-0.3, -0.25) is 4.79 Å². The van der Waals surface area contributed by atoms with Gasteiger partial charge >= 0.3 is 5.97 Å². The van der Waals surface area contributed by atoms with Crippen LogP contribution in [0.1, 0.15) is 52.9 Å². The van der Waals surface area contributed by atoms with E-state index in [0.717, 1.165) is 32.4 Å². The molecule has 0 unspecified atom stereocenters. The second kappa shape index (κ2) is 8.62. The minimum Gasteiger partial charge on any atom is -0.462 e. The number of hydrogen-bond acceptors (Lipinski definition) is 6. The molecule has 1 aromatic carbocycles. The van der Waals surface area contributed by atoms with Crippen molar-refractivity contribution in [1.82, 2.24) is 14.9 Å². The third kappa shape index (κ3) is 4.61. The van der Waals surface area contributed by atoms with Gasteiger partial charge in [0.2, 0.25) is 0 Å². The third-order valence-corrected chi connectivity index (χ3v) is 4.39. The Morgan fingerprint density at radius 2 is 1.89 bits per heavy atom. The number of hydrogen-bond donors (Lipinski definition) is 1. The van der Waals surface area contributed by atoms with Crippen LogP contribution in [0.5, 0.6) is 0 Å². The molecule has 0 spiro atoms. The number of carbonyl (C=O) groups excluding carboxylic acids is 2. The second-order valence-corrected chi connectivity index (χ2v) is 6.43. The summed E-state index contributed by atoms with van der Waals surface area (Å²) < 4.78 is 5.10. The van der Waals surface area contributed by atoms with Gasteiger partial charge in [-0.25, -0.2) is 14.8 Å². The van der Waals surface area contributed by atoms with Gasteiger partial charge in [0.05, 0.1) is 17.9 Å². The second-order valence-electron chi connectivity index (χ2n) is 6.43. The lowest BCUT2D eigenvalue weighted by Gasteiger charge is -2.26. The molecule has 0 saturated carbocycles. The van der Waals surface area contributed by atoms with Crippen LogP contribution in [0, 0.1) is 6.92 Å². The van der Waals surface area contributed by atoms with Gasteiger partial charge in [0, 0.05) is 19.2 Å². The smallest absolute Gasteiger partial charge is 0.340 e. The van der Waals surface area contributed by atoms with Crippen molar-refractivity contribution in [3.8, 4) is 0 Å². The van der Waals surface area contributed by atoms with E-state index in [1.54, 1.807) is 38.1 Å². The molecule has 0 bridgehead atoms. The maximum atomic E-state index is 12.8. The highest BCUT2D eigenvalue weighted by Gasteiger charge is 2.21. The molecule has 1 aromatic heterocycles. The number of nitrogens with zero attached hydrogens (tertiary/aromatic N) is 3. The minimum absolute atomic E-state index is 0.0815. The van der Waals surface area contributed by atoms with Crippen LogP contribution in [0.3, 0.4) is 0 Å². The van der Waals surface area contributed by atoms with Crippen LogP contribution in [-0.4, -0.2) is 46.4 Å². The molecule has 2 aromatic rings. The van der Waals surface area contributed by atoms with Crippen LogP contribution in [0.15, 0.2) is 30.3 Å². The topological polar surface area (TPSA) is 84.4 Å². The molecule has 2 heterocycles. The summed E-state index contributed by atoms with van der Waals surface area (Å²) in [5.41, 5.74) is 1.35. The van der Waals surface area contributed by atoms with E-state index in [2.05, 4.69) is 15.3 Å². The van der Waals surface area contributed by atoms with Crippen LogP contribution in [0.25, 0.3) is 0 Å². The summed E-state index contributed by atoms with van der Waals surface area (Å²) in [6.45, 7) is 5.33. The molecule has 1 fully saturated rings. The lowest BCUT2D eigenvalue weighted by atomic mass is 10.1. The number of para-hydroxylation sites is 1. The Balaban J connectivity index is 1.85. The predicted octanol–water partition coefficient (Wildman–Crippen LogP) is 3.33. The standard InChI is InChI=1S/C20H24N4O3/c1-3-27-20(26)15-9-5-6-10-16(15)23-18-13-17(21-14(2)22-18)19(25)24-11-7-4-8-12-24/h5-6,9-10,13H,3-4,7-8,11-12H2,1-2H3,(H,21,22,23). The SMILES string of the molecule is CCOC(=O)c1ccccc1Nc1cc(C(=O)N2CCCCC2)nc(C)n1. The van der Waals surface area contributed by atoms with Crippen molar-refractivity contribution >= 4 is 23.4 Å². The van der Waals surface area contributed by atoms with E-state index < -0.39 is 5.97 Å². The number of esters is 1. The van der Waals surface area contributed by atoms with Crippen molar-refractivity contribution in [2.24, 2.45) is 0 Å². The zero-order chi connectivity index (χ0) is 19.2. The number of anilines is 2. The molecule has 1 aliphatic rings. The van der Waals surface area contributed by atoms with Crippen molar-refractivity contribution in [3.63, 3.8) is 0 Å². The quantitative estimate of drug-likeness (QED) is 0.815. The Hall–Kier alpha value is -2.96. The first-order chi connectivity index (χ1) is 13.1. The molecule has 1 amide bonds. The molecule has 7 nitrogen and oxygen atoms in total. The molecule has 1 aliphatic heterocycles. The lowest BCUT2D eigenvalue weighted by molar-refractivity contribution is 0.0527. The summed E-state index contributed by atoms with van der Waals surface area (Å²) >= 11 is 0. The van der Waals surface area contributed by atoms with Crippen LogP contribution >= 0.6 is 0 Å². The van der Waals surface area contributed by atoms with E-state index in [1.165, 1.54) is 0 Å². The molecule has 1 N–H and O–H groups in total. The van der Waals surface area contributed by atoms with Gasteiger partial charge in [-0.2, -0.15) is 0 Å². The van der Waals surface area contributed by atoms with Gasteiger partial charge in [0.25, 0.3) is 5.91 Å². The number of likely N-dealkylation sites (tertiary alicyclic amines) is 1. The molecule has 1 saturated heterocycles. The fourth-order valence-electron chi connectivity index (χ4n) is 3.12. The number of amides is 1. The summed E-state index contributed by atoms with van der Waals surface area (Å²) in [4.78, 5) is 35.4. The Kier molecular flexibility index (Phi) is 6.01. The van der Waals surface area contributed by atoms with E-state index in [4.69, 9.17) is 4.74 Å². The minimum atomic E-state index is -0.406. The van der Waals surface area contributed by atoms with Crippen LogP contribution < -0.4 is 5.32 Å². The average Bonchev–Trinajstić information content (AvgIpc) is 2.68. The maximum Gasteiger partial charge on any atom is 0.340 e. The number of aryl methyl sites for hydroxylation is 1. The Morgan fingerprint density at radius 1 is 1.15 bits per heavy atom. The molecular formula is C20H24N4O3. The summed E-state index contributed by atoms with van der Waals surface area (Å²) in [5, 5.41) is 3.13. The number of aromatic nitrogens is 2. The zero-order valence-electron chi connectivity index (χ0n) is 15.7. The van der Waals surface area contributed by atoms with Gasteiger partial charge < -0.3 is 15.0 Å². The van der Waals surface area contributed by atoms with Crippen LogP contribution in [-0.2, 0) is 4.74 Å². The summed E-state index contributed by atoms with van der Waals surface area (Å²) in [6, 6.07) is 8.68. The van der Waals surface area contributed by atoms with Gasteiger partial charge in [-0.15, -0.1) is 0 Å². The number of benzene rings is 1. The van der Waals surface area contributed by atoms with E-state index in [0.29, 0.717) is 35.2 Å². The number of rotatable bonds is 5. The van der Waals surface area contributed by atoms with Crippen molar-refractivity contribution < 1.29 is 14.3 Å². The Labute approximate surface area is 158 Å². The third-order valence-electron chi connectivity index (χ3n) is 4.39. The first-order valence-corrected chi connectivity index (χ1v) is 9.26. The maximum absolute atomic E-state index is 12.8. The highest BCUT2D eigenvalue weighted by molar-refractivity contribution is 5.97. The van der Waals surface area contributed by atoms with Crippen molar-refractivity contribution in [3.05, 3.63) is 47.4 Å². The average molecular weight is 368 g/mol. The summed E-state index contributed by atoms with van der Waals surface area (Å²) in [5.74, 6) is 0.478. The molecule has 27 heavy (non-hydrogen) atoms. The van der Waals surface area contributed by atoms with Crippen molar-refractivity contribution in [1.29, 1.82) is 0 Å². The molecule has 0 aliphatic carbocycles. The zero-order valence-corrected chi connectivity index (χ0v) is 15.7. The first kappa shape index (κ1) is 18.8. The van der Waals surface area contributed by atoms with Crippen molar-refractivity contribution in [2.75, 3.05) is 25.0 Å². The largest absolute Gasteiger partial charge is 0.462 e. The summed E-state index contributed by atoms with van der Waals surface area (Å²) in [6.07, 6.45) is 3.20. The monoisotopic (exact) mass is 368 g/mol. The number of ether oxygens (including phenoxy) is 1. The molecule has 3 rings (SSSR count). The normalized spacial score (nSPS) is 13.9. The molecule has 142 valence electrons. The van der Waals surface area contributed by atoms with E-state index in [-0.39, 0.29) is 5.91 Å². The van der Waals surface area contributed by atoms with Gasteiger partial charge in [0.1, 0.15) is 17.3 Å². The first-order valence-electron chi connectivity index (χ1n) is 9.26. The van der Waals surface area contributed by atoms with Crippen LogP contribution in [0.2, 0.25) is 0 Å². The number of nitrogens with one attached hydrogen (secondary N) is 1. The Bertz CT molecular complexity index is 832. The lowest BCUT2D eigenvalue weighted by Crippen LogP contribution is -2.36. The molecule has 0 atom stereocenters. The highest BCUT2D eigenvalue weighted by Crippen LogP contribution is 2.22. The van der Waals surface area contributed by atoms with Gasteiger partial charge in [-0.05, 0) is 45.2 Å². The molecular weight excluding hydrogens is 344 g/mol. The fourth-order valence-corrected chi connectivity index (χ4v) is 3.12. The van der Waals surface area contributed by atoms with E-state index in [9.17, 15) is 9.59 Å². The number of carbonyl (C=O) groups is 2. The van der Waals surface area contributed by atoms with Gasteiger partial charge in [0.15, 0.2) is 0 Å². The van der Waals surface area contributed by atoms with Gasteiger partial charge in [-0.1, -0.05) is 12.1 Å². The molecule has 0 radical (unpaired) electrons. The molecule has 7 heteroatoms. The fraction of sp³-hybridized carbons (Fsp3) is 0.400. The van der Waals surface area contributed by atoms with Crippen molar-refractivity contribution in [2.45, 2.75) is 33.1 Å². The van der Waals surface area contributed by atoms with Crippen LogP contribution in [0.4, 0.5) is 11.5 Å². The summed E-state index contributed by atoms with van der Waals surface area (Å²) in [7, 11) is 0. The Morgan fingerprint density at radius 3 is 2.63 bits per heavy atom.